The molecule has 23 heavy (non-hydrogen) atoms. The van der Waals surface area contributed by atoms with E-state index >= 15 is 0 Å². The molecule has 1 unspecified atom stereocenters. The first-order valence-corrected chi connectivity index (χ1v) is 10.5. The van der Waals surface area contributed by atoms with Crippen LogP contribution in [0.2, 0.25) is 0 Å². The van der Waals surface area contributed by atoms with E-state index in [2.05, 4.69) is 39.5 Å². The normalized spacial score (nSPS) is 13.4. The standard InChI is InChI=1S/C21H46N2/c1-6-17-23(18-13-8-7-10-14-19(2)3)21(22)16-12-9-11-15-20(4)5/h19-21H,6-18,22H2,1-5H3. The van der Waals surface area contributed by atoms with Crippen LogP contribution >= 0.6 is 0 Å². The van der Waals surface area contributed by atoms with Gasteiger partial charge in [-0.05, 0) is 44.2 Å². The summed E-state index contributed by atoms with van der Waals surface area (Å²) in [7, 11) is 0. The number of nitrogens with two attached hydrogens (primary N) is 1. The van der Waals surface area contributed by atoms with Crippen LogP contribution in [0, 0.1) is 11.8 Å². The van der Waals surface area contributed by atoms with E-state index in [4.69, 9.17) is 5.73 Å². The maximum atomic E-state index is 6.45. The lowest BCUT2D eigenvalue weighted by Gasteiger charge is -2.28. The number of nitrogens with zero attached hydrogens (tertiary/aromatic N) is 1. The first-order chi connectivity index (χ1) is 11.0. The molecule has 0 amide bonds. The third-order valence-electron chi connectivity index (χ3n) is 4.74. The Morgan fingerprint density at radius 3 is 1.65 bits per heavy atom. The van der Waals surface area contributed by atoms with Gasteiger partial charge >= 0.3 is 0 Å². The lowest BCUT2D eigenvalue weighted by atomic mass is 10.0. The zero-order valence-corrected chi connectivity index (χ0v) is 16.9. The van der Waals surface area contributed by atoms with Crippen LogP contribution in [0.25, 0.3) is 0 Å². The van der Waals surface area contributed by atoms with E-state index in [1.165, 1.54) is 83.7 Å². The van der Waals surface area contributed by atoms with Crippen LogP contribution in [-0.4, -0.2) is 24.2 Å². The molecule has 0 aliphatic rings. The van der Waals surface area contributed by atoms with Crippen LogP contribution < -0.4 is 5.73 Å². The van der Waals surface area contributed by atoms with Gasteiger partial charge < -0.3 is 5.73 Å². The molecule has 0 saturated carbocycles. The summed E-state index contributed by atoms with van der Waals surface area (Å²) in [4.78, 5) is 2.53. The monoisotopic (exact) mass is 326 g/mol. The molecule has 0 rings (SSSR count). The third kappa shape index (κ3) is 15.2. The van der Waals surface area contributed by atoms with Crippen molar-refractivity contribution in [2.24, 2.45) is 17.6 Å². The highest BCUT2D eigenvalue weighted by atomic mass is 15.2. The summed E-state index contributed by atoms with van der Waals surface area (Å²) in [6.45, 7) is 13.9. The van der Waals surface area contributed by atoms with Gasteiger partial charge in [-0.1, -0.05) is 86.0 Å². The third-order valence-corrected chi connectivity index (χ3v) is 4.74. The van der Waals surface area contributed by atoms with E-state index in [-0.39, 0.29) is 6.17 Å². The van der Waals surface area contributed by atoms with Gasteiger partial charge in [0.05, 0.1) is 6.17 Å². The number of unbranched alkanes of at least 4 members (excludes halogenated alkanes) is 5. The van der Waals surface area contributed by atoms with Crippen LogP contribution in [0.4, 0.5) is 0 Å². The minimum atomic E-state index is 0.282. The smallest absolute Gasteiger partial charge is 0.0571 e. The molecule has 0 aromatic rings. The van der Waals surface area contributed by atoms with Gasteiger partial charge in [0.25, 0.3) is 0 Å². The molecule has 0 spiro atoms. The maximum absolute atomic E-state index is 6.45. The molecule has 0 aromatic carbocycles. The zero-order valence-electron chi connectivity index (χ0n) is 16.9. The largest absolute Gasteiger partial charge is 0.316 e. The van der Waals surface area contributed by atoms with Gasteiger partial charge in [0.1, 0.15) is 0 Å². The lowest BCUT2D eigenvalue weighted by molar-refractivity contribution is 0.183. The van der Waals surface area contributed by atoms with E-state index in [0.717, 1.165) is 11.8 Å². The summed E-state index contributed by atoms with van der Waals surface area (Å²) in [5.74, 6) is 1.70. The van der Waals surface area contributed by atoms with Crippen LogP contribution in [0.5, 0.6) is 0 Å². The fourth-order valence-electron chi connectivity index (χ4n) is 3.22. The highest BCUT2D eigenvalue weighted by molar-refractivity contribution is 4.66. The van der Waals surface area contributed by atoms with Crippen LogP contribution in [0.3, 0.4) is 0 Å². The Hall–Kier alpha value is -0.0800. The minimum Gasteiger partial charge on any atom is -0.316 e. The van der Waals surface area contributed by atoms with Crippen LogP contribution in [0.15, 0.2) is 0 Å². The number of hydrogen-bond donors (Lipinski definition) is 1. The summed E-state index contributed by atoms with van der Waals surface area (Å²) in [6.07, 6.45) is 14.9. The van der Waals surface area contributed by atoms with Crippen molar-refractivity contribution in [2.45, 2.75) is 111 Å². The van der Waals surface area contributed by atoms with Gasteiger partial charge in [0.2, 0.25) is 0 Å². The van der Waals surface area contributed by atoms with Gasteiger partial charge in [0.15, 0.2) is 0 Å². The molecule has 0 bridgehead atoms. The van der Waals surface area contributed by atoms with Gasteiger partial charge in [-0.25, -0.2) is 0 Å². The van der Waals surface area contributed by atoms with Crippen LogP contribution in [-0.2, 0) is 0 Å². The number of hydrogen-bond acceptors (Lipinski definition) is 2. The molecule has 0 radical (unpaired) electrons. The molecule has 0 aliphatic carbocycles. The second kappa shape index (κ2) is 15.4. The SMILES string of the molecule is CCCN(CCCCCCC(C)C)C(N)CCCCCC(C)C. The van der Waals surface area contributed by atoms with Gasteiger partial charge in [-0.2, -0.15) is 0 Å². The minimum absolute atomic E-state index is 0.282. The Morgan fingerprint density at radius 2 is 1.13 bits per heavy atom. The summed E-state index contributed by atoms with van der Waals surface area (Å²) >= 11 is 0. The molecule has 140 valence electrons. The first kappa shape index (κ1) is 22.9. The topological polar surface area (TPSA) is 29.3 Å². The predicted octanol–water partition coefficient (Wildman–Crippen LogP) is 6.20. The fraction of sp³-hybridized carbons (Fsp3) is 1.00. The van der Waals surface area contributed by atoms with Crippen molar-refractivity contribution >= 4 is 0 Å². The van der Waals surface area contributed by atoms with E-state index in [9.17, 15) is 0 Å². The van der Waals surface area contributed by atoms with Crippen molar-refractivity contribution in [1.82, 2.24) is 4.90 Å². The van der Waals surface area contributed by atoms with Crippen molar-refractivity contribution in [3.63, 3.8) is 0 Å². The summed E-state index contributed by atoms with van der Waals surface area (Å²) in [6, 6.07) is 0. The molecule has 2 heteroatoms. The second-order valence-electron chi connectivity index (χ2n) is 8.23. The first-order valence-electron chi connectivity index (χ1n) is 10.5. The van der Waals surface area contributed by atoms with Crippen molar-refractivity contribution in [3.05, 3.63) is 0 Å². The second-order valence-corrected chi connectivity index (χ2v) is 8.23. The average Bonchev–Trinajstić information content (AvgIpc) is 2.48. The molecule has 1 atom stereocenters. The molecule has 2 nitrogen and oxygen atoms in total. The quantitative estimate of drug-likeness (QED) is 0.270. The van der Waals surface area contributed by atoms with Gasteiger partial charge in [0, 0.05) is 0 Å². The molecule has 0 aromatic heterocycles. The lowest BCUT2D eigenvalue weighted by Crippen LogP contribution is -2.43. The highest BCUT2D eigenvalue weighted by Crippen LogP contribution is 2.13. The Labute approximate surface area is 147 Å². The molecule has 0 fully saturated rings. The molecular formula is C21H46N2. The summed E-state index contributed by atoms with van der Waals surface area (Å²) in [5, 5.41) is 0. The Morgan fingerprint density at radius 1 is 0.652 bits per heavy atom. The van der Waals surface area contributed by atoms with Crippen molar-refractivity contribution in [3.8, 4) is 0 Å². The van der Waals surface area contributed by atoms with Crippen LogP contribution in [0.1, 0.15) is 105 Å². The predicted molar refractivity (Wildman–Crippen MR) is 106 cm³/mol. The van der Waals surface area contributed by atoms with E-state index in [0.29, 0.717) is 0 Å². The number of rotatable bonds is 16. The average molecular weight is 327 g/mol. The van der Waals surface area contributed by atoms with Crippen molar-refractivity contribution in [2.75, 3.05) is 13.1 Å². The van der Waals surface area contributed by atoms with E-state index < -0.39 is 0 Å². The Bertz CT molecular complexity index is 238. The molecule has 0 aliphatic heterocycles. The van der Waals surface area contributed by atoms with Gasteiger partial charge in [-0.3, -0.25) is 4.90 Å². The molecular weight excluding hydrogens is 280 g/mol. The van der Waals surface area contributed by atoms with Crippen molar-refractivity contribution < 1.29 is 0 Å². The van der Waals surface area contributed by atoms with E-state index in [1.807, 2.05) is 0 Å². The fourth-order valence-corrected chi connectivity index (χ4v) is 3.22. The summed E-state index contributed by atoms with van der Waals surface area (Å²) in [5.41, 5.74) is 6.45. The zero-order chi connectivity index (χ0) is 17.5. The summed E-state index contributed by atoms with van der Waals surface area (Å²) < 4.78 is 0. The Kier molecular flexibility index (Phi) is 15.4. The highest BCUT2D eigenvalue weighted by Gasteiger charge is 2.12. The van der Waals surface area contributed by atoms with Crippen molar-refractivity contribution in [1.29, 1.82) is 0 Å². The maximum Gasteiger partial charge on any atom is 0.0571 e. The van der Waals surface area contributed by atoms with Gasteiger partial charge in [-0.15, -0.1) is 0 Å². The van der Waals surface area contributed by atoms with E-state index in [1.54, 1.807) is 0 Å². The molecule has 2 N–H and O–H groups in total. The molecule has 0 heterocycles. The Balaban J connectivity index is 3.76. The molecule has 0 saturated heterocycles.